The molecule has 1 unspecified atom stereocenters. The van der Waals surface area contributed by atoms with Crippen molar-refractivity contribution in [2.24, 2.45) is 5.73 Å². The van der Waals surface area contributed by atoms with Crippen molar-refractivity contribution >= 4 is 0 Å². The van der Waals surface area contributed by atoms with Gasteiger partial charge in [0.15, 0.2) is 0 Å². The summed E-state index contributed by atoms with van der Waals surface area (Å²) in [4.78, 5) is 18.5. The molecule has 0 saturated carbocycles. The number of methoxy groups -OCH3 is 1. The van der Waals surface area contributed by atoms with Crippen LogP contribution in [0.15, 0.2) is 41.2 Å². The number of ether oxygens (including phenoxy) is 1. The van der Waals surface area contributed by atoms with Crippen LogP contribution in [-0.4, -0.2) is 17.1 Å². The number of H-pyrrole nitrogens is 1. The highest BCUT2D eigenvalue weighted by atomic mass is 16.5. The predicted octanol–water partition coefficient (Wildman–Crippen LogP) is 0.964. The van der Waals surface area contributed by atoms with Crippen LogP contribution in [0.5, 0.6) is 0 Å². The third-order valence-corrected chi connectivity index (χ3v) is 2.61. The quantitative estimate of drug-likeness (QED) is 0.840. The summed E-state index contributed by atoms with van der Waals surface area (Å²) in [5.41, 5.74) is 6.76. The number of hydrogen-bond donors (Lipinski definition) is 2. The molecule has 5 nitrogen and oxygen atoms in total. The van der Waals surface area contributed by atoms with Gasteiger partial charge in [-0.15, -0.1) is 0 Å². The zero-order valence-electron chi connectivity index (χ0n) is 10.1. The fourth-order valence-electron chi connectivity index (χ4n) is 1.79. The maximum atomic E-state index is 11.5. The molecule has 2 rings (SSSR count). The van der Waals surface area contributed by atoms with Crippen molar-refractivity contribution in [3.05, 3.63) is 63.8 Å². The van der Waals surface area contributed by atoms with Gasteiger partial charge < -0.3 is 15.5 Å². The molecule has 1 heterocycles. The van der Waals surface area contributed by atoms with Crippen LogP contribution < -0.4 is 11.3 Å². The highest BCUT2D eigenvalue weighted by Gasteiger charge is 2.16. The minimum absolute atomic E-state index is 0.224. The Morgan fingerprint density at radius 3 is 2.72 bits per heavy atom. The van der Waals surface area contributed by atoms with Gasteiger partial charge in [-0.2, -0.15) is 0 Å². The largest absolute Gasteiger partial charge is 0.369 e. The van der Waals surface area contributed by atoms with Crippen LogP contribution in [0.3, 0.4) is 0 Å². The van der Waals surface area contributed by atoms with E-state index < -0.39 is 6.10 Å². The van der Waals surface area contributed by atoms with E-state index in [1.165, 1.54) is 6.07 Å². The monoisotopic (exact) mass is 245 g/mol. The van der Waals surface area contributed by atoms with Crippen LogP contribution in [0.4, 0.5) is 0 Å². The summed E-state index contributed by atoms with van der Waals surface area (Å²) in [6.07, 6.45) is -0.398. The number of benzene rings is 1. The fraction of sp³-hybridized carbons (Fsp3) is 0.231. The number of nitrogens with one attached hydrogen (secondary N) is 1. The van der Waals surface area contributed by atoms with E-state index in [4.69, 9.17) is 10.5 Å². The van der Waals surface area contributed by atoms with E-state index in [1.54, 1.807) is 7.11 Å². The van der Waals surface area contributed by atoms with Crippen LogP contribution in [0.2, 0.25) is 0 Å². The molecule has 3 N–H and O–H groups in total. The van der Waals surface area contributed by atoms with Gasteiger partial charge in [0.2, 0.25) is 0 Å². The van der Waals surface area contributed by atoms with E-state index in [1.807, 2.05) is 30.3 Å². The summed E-state index contributed by atoms with van der Waals surface area (Å²) in [6.45, 7) is 0.224. The first-order valence-corrected chi connectivity index (χ1v) is 5.62. The first-order chi connectivity index (χ1) is 8.74. The van der Waals surface area contributed by atoms with Crippen molar-refractivity contribution in [2.75, 3.05) is 7.11 Å². The van der Waals surface area contributed by atoms with Gasteiger partial charge in [0.25, 0.3) is 5.56 Å². The highest BCUT2D eigenvalue weighted by molar-refractivity contribution is 5.23. The summed E-state index contributed by atoms with van der Waals surface area (Å²) in [6, 6.07) is 11.0. The van der Waals surface area contributed by atoms with E-state index in [2.05, 4.69) is 9.97 Å². The van der Waals surface area contributed by atoms with Crippen LogP contribution in [-0.2, 0) is 11.3 Å². The molecule has 0 bridgehead atoms. The average molecular weight is 245 g/mol. The predicted molar refractivity (Wildman–Crippen MR) is 68.0 cm³/mol. The zero-order valence-corrected chi connectivity index (χ0v) is 10.1. The molecule has 0 aliphatic rings. The molecule has 0 aliphatic heterocycles. The molecule has 0 saturated heterocycles. The first-order valence-electron chi connectivity index (χ1n) is 5.62. The van der Waals surface area contributed by atoms with E-state index >= 15 is 0 Å². The standard InChI is InChI=1S/C13H15N3O2/c1-18-12(9-5-3-2-4-6-9)13-15-10(8-14)7-11(17)16-13/h2-7,12H,8,14H2,1H3,(H,15,16,17). The summed E-state index contributed by atoms with van der Waals surface area (Å²) in [5.74, 6) is 0.469. The Labute approximate surface area is 105 Å². The number of aromatic amines is 1. The number of hydrogen-bond acceptors (Lipinski definition) is 4. The fourth-order valence-corrected chi connectivity index (χ4v) is 1.79. The Bertz CT molecular complexity index is 566. The maximum Gasteiger partial charge on any atom is 0.251 e. The van der Waals surface area contributed by atoms with Gasteiger partial charge >= 0.3 is 0 Å². The maximum absolute atomic E-state index is 11.5. The molecule has 0 fully saturated rings. The topological polar surface area (TPSA) is 81.0 Å². The molecular weight excluding hydrogens is 230 g/mol. The van der Waals surface area contributed by atoms with Crippen molar-refractivity contribution < 1.29 is 4.74 Å². The third-order valence-electron chi connectivity index (χ3n) is 2.61. The number of nitrogens with two attached hydrogens (primary N) is 1. The second-order valence-corrected chi connectivity index (χ2v) is 3.85. The van der Waals surface area contributed by atoms with Crippen molar-refractivity contribution in [3.63, 3.8) is 0 Å². The van der Waals surface area contributed by atoms with Crippen molar-refractivity contribution in [2.45, 2.75) is 12.6 Å². The van der Waals surface area contributed by atoms with Gasteiger partial charge in [0.1, 0.15) is 11.9 Å². The summed E-state index contributed by atoms with van der Waals surface area (Å²) in [7, 11) is 1.58. The molecule has 0 amide bonds. The molecule has 1 aromatic carbocycles. The van der Waals surface area contributed by atoms with Gasteiger partial charge in [0, 0.05) is 19.7 Å². The molecule has 0 spiro atoms. The second-order valence-electron chi connectivity index (χ2n) is 3.85. The number of nitrogens with zero attached hydrogens (tertiary/aromatic N) is 1. The Balaban J connectivity index is 2.45. The molecular formula is C13H15N3O2. The summed E-state index contributed by atoms with van der Waals surface area (Å²) < 4.78 is 5.40. The third kappa shape index (κ3) is 2.64. The van der Waals surface area contributed by atoms with E-state index in [9.17, 15) is 4.79 Å². The van der Waals surface area contributed by atoms with E-state index in [-0.39, 0.29) is 12.1 Å². The van der Waals surface area contributed by atoms with Gasteiger partial charge in [-0.1, -0.05) is 30.3 Å². The lowest BCUT2D eigenvalue weighted by Crippen LogP contribution is -2.18. The molecule has 1 atom stereocenters. The van der Waals surface area contributed by atoms with Crippen LogP contribution >= 0.6 is 0 Å². The molecule has 1 aromatic heterocycles. The molecule has 94 valence electrons. The molecule has 18 heavy (non-hydrogen) atoms. The minimum atomic E-state index is -0.398. The Kier molecular flexibility index (Phi) is 3.86. The molecule has 0 radical (unpaired) electrons. The molecule has 5 heteroatoms. The normalized spacial score (nSPS) is 12.3. The zero-order chi connectivity index (χ0) is 13.0. The molecule has 0 aliphatic carbocycles. The average Bonchev–Trinajstić information content (AvgIpc) is 2.40. The lowest BCUT2D eigenvalue weighted by Gasteiger charge is -2.15. The van der Waals surface area contributed by atoms with Crippen LogP contribution in [0, 0.1) is 0 Å². The molecule has 2 aromatic rings. The van der Waals surface area contributed by atoms with Gasteiger partial charge in [-0.3, -0.25) is 4.79 Å². The highest BCUT2D eigenvalue weighted by Crippen LogP contribution is 2.21. The van der Waals surface area contributed by atoms with Crippen molar-refractivity contribution in [3.8, 4) is 0 Å². The lowest BCUT2D eigenvalue weighted by molar-refractivity contribution is 0.128. The second kappa shape index (κ2) is 5.57. The summed E-state index contributed by atoms with van der Waals surface area (Å²) >= 11 is 0. The Morgan fingerprint density at radius 2 is 2.11 bits per heavy atom. The number of aromatic nitrogens is 2. The van der Waals surface area contributed by atoms with Gasteiger partial charge in [-0.25, -0.2) is 4.98 Å². The van der Waals surface area contributed by atoms with E-state index in [0.717, 1.165) is 5.56 Å². The first kappa shape index (κ1) is 12.5. The van der Waals surface area contributed by atoms with Crippen molar-refractivity contribution in [1.82, 2.24) is 9.97 Å². The Morgan fingerprint density at radius 1 is 1.39 bits per heavy atom. The SMILES string of the molecule is COC(c1ccccc1)c1nc(CN)cc(=O)[nH]1. The summed E-state index contributed by atoms with van der Waals surface area (Å²) in [5, 5.41) is 0. The lowest BCUT2D eigenvalue weighted by atomic mass is 10.1. The number of rotatable bonds is 4. The van der Waals surface area contributed by atoms with E-state index in [0.29, 0.717) is 11.5 Å². The van der Waals surface area contributed by atoms with Gasteiger partial charge in [-0.05, 0) is 5.56 Å². The van der Waals surface area contributed by atoms with Crippen molar-refractivity contribution in [1.29, 1.82) is 0 Å². The minimum Gasteiger partial charge on any atom is -0.369 e. The van der Waals surface area contributed by atoms with Crippen LogP contribution in [0.25, 0.3) is 0 Å². The Hall–Kier alpha value is -1.98. The smallest absolute Gasteiger partial charge is 0.251 e. The van der Waals surface area contributed by atoms with Gasteiger partial charge in [0.05, 0.1) is 5.69 Å². The van der Waals surface area contributed by atoms with Crippen LogP contribution in [0.1, 0.15) is 23.2 Å².